The minimum Gasteiger partial charge on any atom is -0.381 e. The Kier molecular flexibility index (Phi) is 5.19. The molecule has 2 rings (SSSR count). The summed E-state index contributed by atoms with van der Waals surface area (Å²) in [6.07, 6.45) is 7.57. The lowest BCUT2D eigenvalue weighted by atomic mass is 9.70. The van der Waals surface area contributed by atoms with E-state index in [1.165, 1.54) is 12.8 Å². The molecular weight excluding hydrogens is 283 g/mol. The molecule has 0 aromatic rings. The third-order valence-corrected chi connectivity index (χ3v) is 5.73. The van der Waals surface area contributed by atoms with E-state index in [2.05, 4.69) is 6.92 Å². The van der Waals surface area contributed by atoms with Crippen LogP contribution >= 0.6 is 23.2 Å². The van der Waals surface area contributed by atoms with Crippen molar-refractivity contribution >= 4 is 29.0 Å². The summed E-state index contributed by atoms with van der Waals surface area (Å²) in [6, 6.07) is 0. The Labute approximate surface area is 126 Å². The highest BCUT2D eigenvalue weighted by Crippen LogP contribution is 2.60. The van der Waals surface area contributed by atoms with Crippen LogP contribution in [0.1, 0.15) is 51.9 Å². The lowest BCUT2D eigenvalue weighted by Gasteiger charge is -2.44. The number of Topliss-reactive ketones (excluding diaryl/α,β-unsaturated/α-hetero) is 1. The van der Waals surface area contributed by atoms with Crippen LogP contribution in [-0.4, -0.2) is 23.3 Å². The normalized spacial score (nSPS) is 33.9. The maximum Gasteiger partial charge on any atom is 0.139 e. The van der Waals surface area contributed by atoms with E-state index in [4.69, 9.17) is 27.9 Å². The molecule has 0 N–H and O–H groups in total. The van der Waals surface area contributed by atoms with E-state index in [-0.39, 0.29) is 11.7 Å². The molecule has 0 aliphatic heterocycles. The topological polar surface area (TPSA) is 26.3 Å². The van der Waals surface area contributed by atoms with Gasteiger partial charge in [0.15, 0.2) is 0 Å². The summed E-state index contributed by atoms with van der Waals surface area (Å²) < 4.78 is 4.61. The van der Waals surface area contributed by atoms with E-state index in [9.17, 15) is 4.79 Å². The molecule has 0 aromatic heterocycles. The highest BCUT2D eigenvalue weighted by Gasteiger charge is 2.61. The van der Waals surface area contributed by atoms with Crippen molar-refractivity contribution < 1.29 is 9.53 Å². The van der Waals surface area contributed by atoms with Crippen molar-refractivity contribution in [1.82, 2.24) is 0 Å². The van der Waals surface area contributed by atoms with Gasteiger partial charge in [0.2, 0.25) is 0 Å². The van der Waals surface area contributed by atoms with Crippen LogP contribution in [0.5, 0.6) is 0 Å². The number of ketones is 1. The van der Waals surface area contributed by atoms with Gasteiger partial charge in [-0.3, -0.25) is 4.79 Å². The monoisotopic (exact) mass is 306 g/mol. The van der Waals surface area contributed by atoms with Gasteiger partial charge in [0.05, 0.1) is 12.0 Å². The maximum atomic E-state index is 11.9. The van der Waals surface area contributed by atoms with E-state index in [0.717, 1.165) is 25.7 Å². The van der Waals surface area contributed by atoms with E-state index in [1.54, 1.807) is 7.11 Å². The fourth-order valence-corrected chi connectivity index (χ4v) is 4.67. The molecule has 2 aliphatic carbocycles. The van der Waals surface area contributed by atoms with Gasteiger partial charge in [0.25, 0.3) is 0 Å². The predicted molar refractivity (Wildman–Crippen MR) is 78.7 cm³/mol. The summed E-state index contributed by atoms with van der Waals surface area (Å²) in [5, 5.41) is 0. The molecule has 19 heavy (non-hydrogen) atoms. The predicted octanol–water partition coefficient (Wildman–Crippen LogP) is 4.37. The highest BCUT2D eigenvalue weighted by atomic mass is 35.5. The second-order valence-electron chi connectivity index (χ2n) is 6.09. The number of alkyl halides is 2. The number of methoxy groups -OCH3 is 1. The smallest absolute Gasteiger partial charge is 0.139 e. The molecule has 2 saturated carbocycles. The number of unbranched alkanes of at least 4 members (excludes halogenated alkanes) is 1. The molecule has 0 bridgehead atoms. The van der Waals surface area contributed by atoms with Crippen LogP contribution in [0.3, 0.4) is 0 Å². The van der Waals surface area contributed by atoms with E-state index >= 15 is 0 Å². The number of carbonyl (C=O) groups is 1. The molecule has 110 valence electrons. The van der Waals surface area contributed by atoms with Crippen molar-refractivity contribution in [3.8, 4) is 0 Å². The first kappa shape index (κ1) is 15.6. The Morgan fingerprint density at radius 3 is 2.68 bits per heavy atom. The zero-order valence-corrected chi connectivity index (χ0v) is 13.3. The first-order chi connectivity index (χ1) is 8.99. The second kappa shape index (κ2) is 6.32. The Balaban J connectivity index is 1.70. The fourth-order valence-electron chi connectivity index (χ4n) is 3.74. The van der Waals surface area contributed by atoms with Crippen LogP contribution in [0, 0.1) is 17.8 Å². The average molecular weight is 307 g/mol. The van der Waals surface area contributed by atoms with Gasteiger partial charge in [0.1, 0.15) is 10.1 Å². The summed E-state index contributed by atoms with van der Waals surface area (Å²) >= 11 is 12.3. The lowest BCUT2D eigenvalue weighted by molar-refractivity contribution is -0.123. The van der Waals surface area contributed by atoms with Crippen LogP contribution in [0.15, 0.2) is 0 Å². The van der Waals surface area contributed by atoms with Gasteiger partial charge in [-0.25, -0.2) is 0 Å². The van der Waals surface area contributed by atoms with Crippen molar-refractivity contribution in [3.05, 3.63) is 0 Å². The molecule has 0 radical (unpaired) electrons. The molecule has 0 amide bonds. The summed E-state index contributed by atoms with van der Waals surface area (Å²) in [5.41, 5.74) is 0. The molecule has 0 spiro atoms. The molecule has 2 nitrogen and oxygen atoms in total. The molecule has 0 heterocycles. The standard InChI is InChI=1S/C15H24Cl2O2/c1-3-11(19-2)7-5-4-6-10-8-13(18)14-12(10)9-15(14,16)17/h10-12,14H,3-9H2,1-2H3. The number of fused-ring (bicyclic) bond motifs is 1. The van der Waals surface area contributed by atoms with Gasteiger partial charge >= 0.3 is 0 Å². The Morgan fingerprint density at radius 2 is 2.16 bits per heavy atom. The quantitative estimate of drug-likeness (QED) is 0.515. The lowest BCUT2D eigenvalue weighted by Crippen LogP contribution is -2.47. The van der Waals surface area contributed by atoms with Crippen molar-refractivity contribution in [2.75, 3.05) is 7.11 Å². The Bertz CT molecular complexity index is 326. The number of ether oxygens (including phenoxy) is 1. The van der Waals surface area contributed by atoms with Crippen LogP contribution in [0.4, 0.5) is 0 Å². The molecule has 4 heteroatoms. The van der Waals surface area contributed by atoms with E-state index in [0.29, 0.717) is 24.4 Å². The number of hydrogen-bond donors (Lipinski definition) is 0. The van der Waals surface area contributed by atoms with Gasteiger partial charge in [0, 0.05) is 13.5 Å². The van der Waals surface area contributed by atoms with Crippen LogP contribution in [0.2, 0.25) is 0 Å². The fraction of sp³-hybridized carbons (Fsp3) is 0.933. The molecular formula is C15H24Cl2O2. The van der Waals surface area contributed by atoms with Crippen molar-refractivity contribution in [2.45, 2.75) is 62.3 Å². The zero-order chi connectivity index (χ0) is 14.0. The summed E-state index contributed by atoms with van der Waals surface area (Å²) in [7, 11) is 1.78. The zero-order valence-electron chi connectivity index (χ0n) is 11.8. The number of halogens is 2. The molecule has 4 atom stereocenters. The van der Waals surface area contributed by atoms with Crippen LogP contribution < -0.4 is 0 Å². The van der Waals surface area contributed by atoms with Gasteiger partial charge in [-0.15, -0.1) is 23.2 Å². The second-order valence-corrected chi connectivity index (χ2v) is 7.63. The van der Waals surface area contributed by atoms with E-state index in [1.807, 2.05) is 0 Å². The number of carbonyl (C=O) groups excluding carboxylic acids is 1. The summed E-state index contributed by atoms with van der Waals surface area (Å²) in [4.78, 5) is 11.9. The largest absolute Gasteiger partial charge is 0.381 e. The molecule has 0 aromatic carbocycles. The third kappa shape index (κ3) is 3.28. The minimum atomic E-state index is -0.764. The Morgan fingerprint density at radius 1 is 1.42 bits per heavy atom. The van der Waals surface area contributed by atoms with Crippen molar-refractivity contribution in [1.29, 1.82) is 0 Å². The molecule has 0 saturated heterocycles. The Hall–Kier alpha value is 0.210. The number of hydrogen-bond acceptors (Lipinski definition) is 2. The minimum absolute atomic E-state index is 0.0804. The maximum absolute atomic E-state index is 11.9. The molecule has 2 fully saturated rings. The average Bonchev–Trinajstić information content (AvgIpc) is 2.61. The first-order valence-corrected chi connectivity index (χ1v) is 8.18. The summed E-state index contributed by atoms with van der Waals surface area (Å²) in [6.45, 7) is 2.16. The van der Waals surface area contributed by atoms with Crippen molar-refractivity contribution in [2.24, 2.45) is 17.8 Å². The highest BCUT2D eigenvalue weighted by molar-refractivity contribution is 6.50. The van der Waals surface area contributed by atoms with Crippen molar-refractivity contribution in [3.63, 3.8) is 0 Å². The van der Waals surface area contributed by atoms with Gasteiger partial charge in [-0.2, -0.15) is 0 Å². The third-order valence-electron chi connectivity index (χ3n) is 4.95. The van der Waals surface area contributed by atoms with Crippen LogP contribution in [0.25, 0.3) is 0 Å². The summed E-state index contributed by atoms with van der Waals surface area (Å²) in [5.74, 6) is 1.18. The van der Waals surface area contributed by atoms with Gasteiger partial charge in [-0.1, -0.05) is 19.8 Å². The van der Waals surface area contributed by atoms with Gasteiger partial charge < -0.3 is 4.74 Å². The first-order valence-electron chi connectivity index (χ1n) is 7.43. The molecule has 4 unspecified atom stereocenters. The van der Waals surface area contributed by atoms with Crippen LogP contribution in [-0.2, 0) is 9.53 Å². The van der Waals surface area contributed by atoms with E-state index < -0.39 is 4.33 Å². The number of rotatable bonds is 7. The SMILES string of the molecule is CCC(CCCCC1CC(=O)C2C1CC2(Cl)Cl)OC. The molecule has 2 aliphatic rings. The van der Waals surface area contributed by atoms with Gasteiger partial charge in [-0.05, 0) is 37.5 Å².